The van der Waals surface area contributed by atoms with Crippen molar-refractivity contribution in [3.8, 4) is 0 Å². The zero-order chi connectivity index (χ0) is 16.7. The molecule has 0 spiro atoms. The molecule has 0 bridgehead atoms. The molecule has 0 fully saturated rings. The molecule has 2 unspecified atom stereocenters. The Kier molecular flexibility index (Phi) is 6.66. The highest BCUT2D eigenvalue weighted by Gasteiger charge is 2.27. The standard InChI is InChI=1S/C19H25NO2S/c1-4-9-15(2)16(3)20(18-12-8-13-23-18)19(21)22-14-17-10-6-5-7-11-17/h5-8,10-13,15-16H,4,9,14H2,1-3H3. The van der Waals surface area contributed by atoms with Crippen LogP contribution in [0.1, 0.15) is 39.2 Å². The van der Waals surface area contributed by atoms with E-state index >= 15 is 0 Å². The minimum Gasteiger partial charge on any atom is -0.444 e. The van der Waals surface area contributed by atoms with Crippen LogP contribution >= 0.6 is 11.3 Å². The maximum atomic E-state index is 12.7. The number of rotatable bonds is 7. The summed E-state index contributed by atoms with van der Waals surface area (Å²) in [6, 6.07) is 13.8. The molecular formula is C19H25NO2S. The molecule has 1 amide bonds. The summed E-state index contributed by atoms with van der Waals surface area (Å²) in [5.41, 5.74) is 1.00. The lowest BCUT2D eigenvalue weighted by Crippen LogP contribution is -2.42. The van der Waals surface area contributed by atoms with Crippen LogP contribution in [0, 0.1) is 5.92 Å². The van der Waals surface area contributed by atoms with Crippen molar-refractivity contribution in [2.45, 2.75) is 46.3 Å². The molecule has 0 N–H and O–H groups in total. The van der Waals surface area contributed by atoms with Gasteiger partial charge in [0.1, 0.15) is 11.6 Å². The molecule has 23 heavy (non-hydrogen) atoms. The van der Waals surface area contributed by atoms with E-state index in [1.54, 1.807) is 16.2 Å². The lowest BCUT2D eigenvalue weighted by Gasteiger charge is -2.31. The molecule has 0 saturated carbocycles. The van der Waals surface area contributed by atoms with Crippen LogP contribution in [0.25, 0.3) is 0 Å². The Morgan fingerprint density at radius 2 is 1.91 bits per heavy atom. The third-order valence-electron chi connectivity index (χ3n) is 4.12. The summed E-state index contributed by atoms with van der Waals surface area (Å²) in [6.45, 7) is 6.77. The largest absolute Gasteiger partial charge is 0.444 e. The summed E-state index contributed by atoms with van der Waals surface area (Å²) >= 11 is 1.57. The lowest BCUT2D eigenvalue weighted by molar-refractivity contribution is 0.143. The number of carbonyl (C=O) groups excluding carboxylic acids is 1. The van der Waals surface area contributed by atoms with Gasteiger partial charge >= 0.3 is 6.09 Å². The molecule has 0 aliphatic carbocycles. The molecule has 0 aliphatic heterocycles. The highest BCUT2D eigenvalue weighted by molar-refractivity contribution is 7.14. The van der Waals surface area contributed by atoms with Gasteiger partial charge in [-0.2, -0.15) is 0 Å². The average Bonchev–Trinajstić information content (AvgIpc) is 3.08. The highest BCUT2D eigenvalue weighted by Crippen LogP contribution is 2.28. The normalized spacial score (nSPS) is 13.3. The third kappa shape index (κ3) is 4.83. The van der Waals surface area contributed by atoms with E-state index in [-0.39, 0.29) is 12.1 Å². The van der Waals surface area contributed by atoms with Crippen molar-refractivity contribution in [3.05, 3.63) is 53.4 Å². The summed E-state index contributed by atoms with van der Waals surface area (Å²) in [7, 11) is 0. The Hall–Kier alpha value is -1.81. The fourth-order valence-corrected chi connectivity index (χ4v) is 3.41. The molecule has 2 aromatic rings. The first-order valence-electron chi connectivity index (χ1n) is 8.17. The van der Waals surface area contributed by atoms with Crippen molar-refractivity contribution >= 4 is 22.4 Å². The van der Waals surface area contributed by atoms with Crippen LogP contribution in [-0.2, 0) is 11.3 Å². The predicted octanol–water partition coefficient (Wildman–Crippen LogP) is 5.72. The quantitative estimate of drug-likeness (QED) is 0.650. The van der Waals surface area contributed by atoms with Crippen molar-refractivity contribution < 1.29 is 9.53 Å². The van der Waals surface area contributed by atoms with E-state index in [0.717, 1.165) is 23.4 Å². The molecule has 0 aliphatic rings. The Morgan fingerprint density at radius 3 is 2.52 bits per heavy atom. The number of amides is 1. The van der Waals surface area contributed by atoms with Gasteiger partial charge in [0.15, 0.2) is 0 Å². The van der Waals surface area contributed by atoms with Gasteiger partial charge in [-0.25, -0.2) is 4.79 Å². The SMILES string of the molecule is CCCC(C)C(C)N(C(=O)OCc1ccccc1)c1cccs1. The van der Waals surface area contributed by atoms with Crippen molar-refractivity contribution in [2.24, 2.45) is 5.92 Å². The van der Waals surface area contributed by atoms with E-state index < -0.39 is 0 Å². The smallest absolute Gasteiger partial charge is 0.415 e. The van der Waals surface area contributed by atoms with Crippen LogP contribution in [0.3, 0.4) is 0 Å². The van der Waals surface area contributed by atoms with E-state index in [2.05, 4.69) is 20.8 Å². The molecule has 1 heterocycles. The minimum absolute atomic E-state index is 0.108. The van der Waals surface area contributed by atoms with Crippen molar-refractivity contribution in [2.75, 3.05) is 4.90 Å². The van der Waals surface area contributed by atoms with Crippen LogP contribution in [-0.4, -0.2) is 12.1 Å². The number of anilines is 1. The van der Waals surface area contributed by atoms with Gasteiger partial charge < -0.3 is 4.74 Å². The zero-order valence-electron chi connectivity index (χ0n) is 14.1. The average molecular weight is 331 g/mol. The lowest BCUT2D eigenvalue weighted by atomic mass is 9.97. The van der Waals surface area contributed by atoms with Gasteiger partial charge in [0.2, 0.25) is 0 Å². The van der Waals surface area contributed by atoms with Crippen molar-refractivity contribution in [1.82, 2.24) is 0 Å². The van der Waals surface area contributed by atoms with Gasteiger partial charge in [0.05, 0.1) is 0 Å². The van der Waals surface area contributed by atoms with E-state index in [9.17, 15) is 4.79 Å². The second-order valence-electron chi connectivity index (χ2n) is 5.87. The Morgan fingerprint density at radius 1 is 1.17 bits per heavy atom. The Balaban J connectivity index is 2.09. The van der Waals surface area contributed by atoms with E-state index in [0.29, 0.717) is 12.5 Å². The molecule has 2 atom stereocenters. The topological polar surface area (TPSA) is 29.5 Å². The predicted molar refractivity (Wildman–Crippen MR) is 97.0 cm³/mol. The number of carbonyl (C=O) groups is 1. The van der Waals surface area contributed by atoms with Crippen molar-refractivity contribution in [1.29, 1.82) is 0 Å². The number of nitrogens with zero attached hydrogens (tertiary/aromatic N) is 1. The molecule has 4 heteroatoms. The second-order valence-corrected chi connectivity index (χ2v) is 6.79. The summed E-state index contributed by atoms with van der Waals surface area (Å²) in [4.78, 5) is 14.5. The number of hydrogen-bond donors (Lipinski definition) is 0. The molecule has 1 aromatic carbocycles. The monoisotopic (exact) mass is 331 g/mol. The first-order chi connectivity index (χ1) is 11.1. The molecule has 0 radical (unpaired) electrons. The number of benzene rings is 1. The van der Waals surface area contributed by atoms with Crippen LogP contribution in [0.15, 0.2) is 47.8 Å². The maximum absolute atomic E-state index is 12.7. The number of thiophene rings is 1. The van der Waals surface area contributed by atoms with Crippen LogP contribution in [0.4, 0.5) is 9.80 Å². The molecule has 3 nitrogen and oxygen atoms in total. The highest BCUT2D eigenvalue weighted by atomic mass is 32.1. The summed E-state index contributed by atoms with van der Waals surface area (Å²) in [5, 5.41) is 2.93. The van der Waals surface area contributed by atoms with Crippen molar-refractivity contribution in [3.63, 3.8) is 0 Å². The Bertz CT molecular complexity index is 583. The van der Waals surface area contributed by atoms with Gasteiger partial charge in [0, 0.05) is 6.04 Å². The van der Waals surface area contributed by atoms with Gasteiger partial charge in [0.25, 0.3) is 0 Å². The third-order valence-corrected chi connectivity index (χ3v) is 4.99. The molecule has 124 valence electrons. The molecule has 2 rings (SSSR count). The van der Waals surface area contributed by atoms with E-state index in [1.165, 1.54) is 0 Å². The summed E-state index contributed by atoms with van der Waals surface area (Å²) < 4.78 is 5.56. The first kappa shape index (κ1) is 17.5. The maximum Gasteiger partial charge on any atom is 0.415 e. The van der Waals surface area contributed by atoms with Crippen LogP contribution in [0.5, 0.6) is 0 Å². The fraction of sp³-hybridized carbons (Fsp3) is 0.421. The van der Waals surface area contributed by atoms with Gasteiger partial charge in [-0.05, 0) is 42.3 Å². The van der Waals surface area contributed by atoms with E-state index in [4.69, 9.17) is 4.74 Å². The van der Waals surface area contributed by atoms with Gasteiger partial charge in [-0.3, -0.25) is 4.90 Å². The first-order valence-corrected chi connectivity index (χ1v) is 9.04. The number of ether oxygens (including phenoxy) is 1. The molecule has 1 aromatic heterocycles. The fourth-order valence-electron chi connectivity index (χ4n) is 2.60. The minimum atomic E-state index is -0.272. The summed E-state index contributed by atoms with van der Waals surface area (Å²) in [6.07, 6.45) is 1.93. The van der Waals surface area contributed by atoms with Crippen LogP contribution < -0.4 is 4.90 Å². The molecular weight excluding hydrogens is 306 g/mol. The second kappa shape index (κ2) is 8.73. The Labute approximate surface area is 142 Å². The zero-order valence-corrected chi connectivity index (χ0v) is 14.9. The van der Waals surface area contributed by atoms with Crippen LogP contribution in [0.2, 0.25) is 0 Å². The van der Waals surface area contributed by atoms with E-state index in [1.807, 2.05) is 47.8 Å². The molecule has 0 saturated heterocycles. The summed E-state index contributed by atoms with van der Waals surface area (Å²) in [5.74, 6) is 0.423. The number of hydrogen-bond acceptors (Lipinski definition) is 3. The van der Waals surface area contributed by atoms with Gasteiger partial charge in [-0.15, -0.1) is 11.3 Å². The van der Waals surface area contributed by atoms with Gasteiger partial charge in [-0.1, -0.05) is 50.6 Å².